The molecule has 6 nitrogen and oxygen atoms in total. The van der Waals surface area contributed by atoms with Gasteiger partial charge in [-0.2, -0.15) is 0 Å². The molecule has 3 N–H and O–H groups in total. The number of halogens is 1. The minimum absolute atomic E-state index is 0. The van der Waals surface area contributed by atoms with Crippen molar-refractivity contribution in [2.45, 2.75) is 6.54 Å². The number of carbonyl (C=O) groups is 2. The summed E-state index contributed by atoms with van der Waals surface area (Å²) in [5, 5.41) is 2.89. The van der Waals surface area contributed by atoms with Gasteiger partial charge in [-0.25, -0.2) is 0 Å². The fourth-order valence-electron chi connectivity index (χ4n) is 3.00. The molecule has 1 saturated heterocycles. The highest BCUT2D eigenvalue weighted by Gasteiger charge is 2.23. The Labute approximate surface area is 165 Å². The molecule has 0 aromatic heterocycles. The van der Waals surface area contributed by atoms with Crippen LogP contribution in [-0.2, 0) is 11.3 Å². The molecule has 3 rings (SSSR count). The van der Waals surface area contributed by atoms with Crippen LogP contribution in [0.2, 0.25) is 0 Å². The fraction of sp³-hybridized carbons (Fsp3) is 0.300. The van der Waals surface area contributed by atoms with Crippen LogP contribution in [0.25, 0.3) is 0 Å². The normalized spacial score (nSPS) is 14.3. The zero-order valence-corrected chi connectivity index (χ0v) is 16.0. The number of hydrogen-bond donors (Lipinski definition) is 2. The molecular weight excluding hydrogens is 364 g/mol. The summed E-state index contributed by atoms with van der Waals surface area (Å²) < 4.78 is 0. The Bertz CT molecular complexity index is 744. The molecule has 0 bridgehead atoms. The van der Waals surface area contributed by atoms with Gasteiger partial charge in [0.2, 0.25) is 5.91 Å². The number of anilines is 1. The Morgan fingerprint density at radius 2 is 1.56 bits per heavy atom. The lowest BCUT2D eigenvalue weighted by Crippen LogP contribution is -2.50. The number of nitrogens with zero attached hydrogens (tertiary/aromatic N) is 2. The van der Waals surface area contributed by atoms with Crippen LogP contribution in [0.4, 0.5) is 5.69 Å². The SMILES string of the molecule is Cl.NCc1ccc(C(=O)N2CCN(CC(=O)Nc3ccccc3)CC2)cc1. The molecule has 0 atom stereocenters. The maximum absolute atomic E-state index is 12.6. The number of hydrogen-bond acceptors (Lipinski definition) is 4. The fourth-order valence-corrected chi connectivity index (χ4v) is 3.00. The molecule has 0 aliphatic carbocycles. The molecule has 27 heavy (non-hydrogen) atoms. The van der Waals surface area contributed by atoms with Gasteiger partial charge in [0.1, 0.15) is 0 Å². The van der Waals surface area contributed by atoms with Crippen molar-refractivity contribution in [3.05, 3.63) is 65.7 Å². The summed E-state index contributed by atoms with van der Waals surface area (Å²) in [5.74, 6) is -0.00434. The van der Waals surface area contributed by atoms with Gasteiger partial charge < -0.3 is 16.0 Å². The second kappa shape index (κ2) is 10.1. The molecule has 1 aliphatic heterocycles. The Balaban J connectivity index is 0.00000261. The summed E-state index contributed by atoms with van der Waals surface area (Å²) in [6.07, 6.45) is 0. The average Bonchev–Trinajstić information content (AvgIpc) is 2.69. The van der Waals surface area contributed by atoms with Crippen LogP contribution < -0.4 is 11.1 Å². The standard InChI is InChI=1S/C20H24N4O2.ClH/c21-14-16-6-8-17(9-7-16)20(26)24-12-10-23(11-13-24)15-19(25)22-18-4-2-1-3-5-18;/h1-9H,10-15,21H2,(H,22,25);1H. The van der Waals surface area contributed by atoms with Gasteiger partial charge in [0.15, 0.2) is 0 Å². The highest BCUT2D eigenvalue weighted by molar-refractivity contribution is 5.94. The van der Waals surface area contributed by atoms with E-state index in [1.54, 1.807) is 0 Å². The molecule has 1 heterocycles. The van der Waals surface area contributed by atoms with Crippen LogP contribution >= 0.6 is 12.4 Å². The molecule has 2 amide bonds. The number of rotatable bonds is 5. The largest absolute Gasteiger partial charge is 0.336 e. The first-order valence-electron chi connectivity index (χ1n) is 8.81. The maximum Gasteiger partial charge on any atom is 0.253 e. The molecule has 0 radical (unpaired) electrons. The first-order valence-corrected chi connectivity index (χ1v) is 8.81. The number of nitrogens with two attached hydrogens (primary N) is 1. The van der Waals surface area contributed by atoms with E-state index in [1.165, 1.54) is 0 Å². The van der Waals surface area contributed by atoms with E-state index in [4.69, 9.17) is 5.73 Å². The van der Waals surface area contributed by atoms with Crippen LogP contribution in [0.5, 0.6) is 0 Å². The van der Waals surface area contributed by atoms with Crippen LogP contribution in [0.3, 0.4) is 0 Å². The number of nitrogens with one attached hydrogen (secondary N) is 1. The number of para-hydroxylation sites is 1. The van der Waals surface area contributed by atoms with Gasteiger partial charge in [0, 0.05) is 44.0 Å². The molecule has 2 aromatic carbocycles. The molecule has 0 saturated carbocycles. The summed E-state index contributed by atoms with van der Waals surface area (Å²) in [7, 11) is 0. The third-order valence-corrected chi connectivity index (χ3v) is 4.52. The molecule has 2 aromatic rings. The van der Waals surface area contributed by atoms with Gasteiger partial charge in [-0.15, -0.1) is 12.4 Å². The van der Waals surface area contributed by atoms with Crippen molar-refractivity contribution in [1.29, 1.82) is 0 Å². The van der Waals surface area contributed by atoms with Crippen LogP contribution in [-0.4, -0.2) is 54.3 Å². The van der Waals surface area contributed by atoms with Gasteiger partial charge in [0.05, 0.1) is 6.54 Å². The van der Waals surface area contributed by atoms with Crippen LogP contribution in [0.15, 0.2) is 54.6 Å². The van der Waals surface area contributed by atoms with E-state index in [-0.39, 0.29) is 24.2 Å². The first-order chi connectivity index (χ1) is 12.7. The van der Waals surface area contributed by atoms with Crippen molar-refractivity contribution in [3.8, 4) is 0 Å². The Kier molecular flexibility index (Phi) is 7.79. The lowest BCUT2D eigenvalue weighted by molar-refractivity contribution is -0.117. The number of piperazine rings is 1. The second-order valence-corrected chi connectivity index (χ2v) is 6.38. The van der Waals surface area contributed by atoms with E-state index in [9.17, 15) is 9.59 Å². The summed E-state index contributed by atoms with van der Waals surface area (Å²) in [4.78, 5) is 28.6. The predicted octanol–water partition coefficient (Wildman–Crippen LogP) is 1.96. The second-order valence-electron chi connectivity index (χ2n) is 6.38. The van der Waals surface area contributed by atoms with Gasteiger partial charge >= 0.3 is 0 Å². The van der Waals surface area contributed by atoms with Crippen molar-refractivity contribution in [1.82, 2.24) is 9.80 Å². The van der Waals surface area contributed by atoms with E-state index in [0.717, 1.165) is 11.3 Å². The minimum atomic E-state index is -0.0339. The third-order valence-electron chi connectivity index (χ3n) is 4.52. The first kappa shape index (κ1) is 20.9. The van der Waals surface area contributed by atoms with Crippen LogP contribution in [0, 0.1) is 0 Å². The van der Waals surface area contributed by atoms with Gasteiger partial charge in [-0.05, 0) is 29.8 Å². The van der Waals surface area contributed by atoms with Crippen molar-refractivity contribution in [2.75, 3.05) is 38.0 Å². The molecule has 0 unspecified atom stereocenters. The van der Waals surface area contributed by atoms with E-state index < -0.39 is 0 Å². The molecule has 1 aliphatic rings. The molecule has 7 heteroatoms. The quantitative estimate of drug-likeness (QED) is 0.820. The predicted molar refractivity (Wildman–Crippen MR) is 109 cm³/mol. The zero-order valence-electron chi connectivity index (χ0n) is 15.1. The molecule has 1 fully saturated rings. The van der Waals surface area contributed by atoms with Crippen molar-refractivity contribution < 1.29 is 9.59 Å². The summed E-state index contributed by atoms with van der Waals surface area (Å²) in [6, 6.07) is 16.8. The average molecular weight is 389 g/mol. The lowest BCUT2D eigenvalue weighted by Gasteiger charge is -2.34. The summed E-state index contributed by atoms with van der Waals surface area (Å²) in [6.45, 7) is 3.43. The van der Waals surface area contributed by atoms with Crippen LogP contribution in [0.1, 0.15) is 15.9 Å². The summed E-state index contributed by atoms with van der Waals surface area (Å²) >= 11 is 0. The van der Waals surface area contributed by atoms with E-state index in [2.05, 4.69) is 10.2 Å². The van der Waals surface area contributed by atoms with Crippen molar-refractivity contribution in [3.63, 3.8) is 0 Å². The molecule has 0 spiro atoms. The Morgan fingerprint density at radius 3 is 2.15 bits per heavy atom. The molecular formula is C20H25ClN4O2. The van der Waals surface area contributed by atoms with Crippen molar-refractivity contribution >= 4 is 29.9 Å². The van der Waals surface area contributed by atoms with Gasteiger partial charge in [0.25, 0.3) is 5.91 Å². The van der Waals surface area contributed by atoms with E-state index in [0.29, 0.717) is 44.8 Å². The van der Waals surface area contributed by atoms with Gasteiger partial charge in [-0.3, -0.25) is 14.5 Å². The third kappa shape index (κ3) is 5.79. The number of benzene rings is 2. The molecule has 144 valence electrons. The summed E-state index contributed by atoms with van der Waals surface area (Å²) in [5.41, 5.74) is 8.08. The lowest BCUT2D eigenvalue weighted by atomic mass is 10.1. The Hall–Kier alpha value is -2.41. The van der Waals surface area contributed by atoms with E-state index >= 15 is 0 Å². The zero-order chi connectivity index (χ0) is 18.4. The number of carbonyl (C=O) groups excluding carboxylic acids is 2. The van der Waals surface area contributed by atoms with Gasteiger partial charge in [-0.1, -0.05) is 30.3 Å². The maximum atomic E-state index is 12.6. The Morgan fingerprint density at radius 1 is 0.926 bits per heavy atom. The van der Waals surface area contributed by atoms with Crippen molar-refractivity contribution in [2.24, 2.45) is 5.73 Å². The smallest absolute Gasteiger partial charge is 0.253 e. The number of amides is 2. The monoisotopic (exact) mass is 388 g/mol. The highest BCUT2D eigenvalue weighted by Crippen LogP contribution is 2.11. The highest BCUT2D eigenvalue weighted by atomic mass is 35.5. The minimum Gasteiger partial charge on any atom is -0.336 e. The van der Waals surface area contributed by atoms with E-state index in [1.807, 2.05) is 59.5 Å². The topological polar surface area (TPSA) is 78.7 Å².